The molecule has 0 atom stereocenters. The van der Waals surface area contributed by atoms with Crippen LogP contribution >= 0.6 is 0 Å². The average molecular weight is 240 g/mol. The predicted octanol–water partition coefficient (Wildman–Crippen LogP) is 3.59. The van der Waals surface area contributed by atoms with Gasteiger partial charge in [-0.15, -0.1) is 0 Å². The van der Waals surface area contributed by atoms with Gasteiger partial charge >= 0.3 is 0 Å². The molecular weight excluding hydrogens is 227 g/mol. The highest BCUT2D eigenvalue weighted by Crippen LogP contribution is 2.29. The molecular formula is C15H13FN2. The minimum Gasteiger partial charge on any atom is -0.378 e. The molecule has 0 aliphatic rings. The van der Waals surface area contributed by atoms with Crippen molar-refractivity contribution in [1.82, 2.24) is 4.98 Å². The molecule has 0 aliphatic carbocycles. The lowest BCUT2D eigenvalue weighted by Gasteiger charge is -2.14. The second kappa shape index (κ2) is 3.95. The summed E-state index contributed by atoms with van der Waals surface area (Å²) in [6, 6.07) is 11.3. The van der Waals surface area contributed by atoms with Crippen LogP contribution in [-0.4, -0.2) is 19.1 Å². The predicted molar refractivity (Wildman–Crippen MR) is 73.5 cm³/mol. The molecule has 0 amide bonds. The second-order valence-electron chi connectivity index (χ2n) is 4.56. The first-order chi connectivity index (χ1) is 8.66. The Morgan fingerprint density at radius 3 is 2.56 bits per heavy atom. The molecule has 0 saturated carbocycles. The summed E-state index contributed by atoms with van der Waals surface area (Å²) >= 11 is 0. The lowest BCUT2D eigenvalue weighted by molar-refractivity contribution is 0.639. The van der Waals surface area contributed by atoms with Crippen LogP contribution in [0.4, 0.5) is 10.1 Å². The zero-order valence-corrected chi connectivity index (χ0v) is 10.3. The zero-order chi connectivity index (χ0) is 12.7. The van der Waals surface area contributed by atoms with Crippen LogP contribution in [0.3, 0.4) is 0 Å². The molecule has 0 N–H and O–H groups in total. The van der Waals surface area contributed by atoms with Gasteiger partial charge in [0.25, 0.3) is 0 Å². The lowest BCUT2D eigenvalue weighted by atomic mass is 10.1. The van der Waals surface area contributed by atoms with Crippen molar-refractivity contribution in [3.8, 4) is 0 Å². The fourth-order valence-corrected chi connectivity index (χ4v) is 2.16. The molecule has 3 rings (SSSR count). The highest BCUT2D eigenvalue weighted by Gasteiger charge is 2.08. The number of hydrogen-bond donors (Lipinski definition) is 0. The van der Waals surface area contributed by atoms with Crippen LogP contribution in [0.15, 0.2) is 42.6 Å². The van der Waals surface area contributed by atoms with E-state index in [1.807, 2.05) is 49.3 Å². The third kappa shape index (κ3) is 1.59. The van der Waals surface area contributed by atoms with Gasteiger partial charge in [-0.1, -0.05) is 18.2 Å². The third-order valence-corrected chi connectivity index (χ3v) is 3.16. The topological polar surface area (TPSA) is 16.1 Å². The molecule has 18 heavy (non-hydrogen) atoms. The van der Waals surface area contributed by atoms with Crippen molar-refractivity contribution < 1.29 is 4.39 Å². The minimum atomic E-state index is -0.227. The Labute approximate surface area is 105 Å². The Bertz CT molecular complexity index is 735. The average Bonchev–Trinajstić information content (AvgIpc) is 2.38. The number of aromatic nitrogens is 1. The molecule has 90 valence electrons. The molecule has 3 heteroatoms. The quantitative estimate of drug-likeness (QED) is 0.604. The number of fused-ring (bicyclic) bond motifs is 3. The van der Waals surface area contributed by atoms with Crippen molar-refractivity contribution in [3.05, 3.63) is 48.4 Å². The number of hydrogen-bond acceptors (Lipinski definition) is 2. The molecule has 0 radical (unpaired) electrons. The summed E-state index contributed by atoms with van der Waals surface area (Å²) in [7, 11) is 3.81. The summed E-state index contributed by atoms with van der Waals surface area (Å²) in [5.74, 6) is -0.227. The number of nitrogens with zero attached hydrogens (tertiary/aromatic N) is 2. The van der Waals surface area contributed by atoms with Gasteiger partial charge in [-0.25, -0.2) is 4.39 Å². The van der Waals surface area contributed by atoms with E-state index in [2.05, 4.69) is 4.98 Å². The van der Waals surface area contributed by atoms with Gasteiger partial charge in [0.1, 0.15) is 5.82 Å². The molecule has 3 aromatic rings. The smallest absolute Gasteiger partial charge is 0.134 e. The normalized spacial score (nSPS) is 11.1. The van der Waals surface area contributed by atoms with Crippen LogP contribution in [0.1, 0.15) is 0 Å². The van der Waals surface area contributed by atoms with E-state index in [9.17, 15) is 4.39 Å². The van der Waals surface area contributed by atoms with Crippen LogP contribution in [0.2, 0.25) is 0 Å². The first-order valence-corrected chi connectivity index (χ1v) is 5.81. The maximum atomic E-state index is 14.1. The zero-order valence-electron chi connectivity index (χ0n) is 10.3. The largest absolute Gasteiger partial charge is 0.378 e. The number of rotatable bonds is 1. The van der Waals surface area contributed by atoms with Crippen molar-refractivity contribution in [2.24, 2.45) is 0 Å². The second-order valence-corrected chi connectivity index (χ2v) is 4.56. The van der Waals surface area contributed by atoms with Gasteiger partial charge in [-0.05, 0) is 23.6 Å². The first kappa shape index (κ1) is 11.0. The summed E-state index contributed by atoms with van der Waals surface area (Å²) in [6.07, 6.45) is 1.60. The van der Waals surface area contributed by atoms with E-state index < -0.39 is 0 Å². The van der Waals surface area contributed by atoms with Gasteiger partial charge in [0.05, 0.1) is 5.52 Å². The van der Waals surface area contributed by atoms with E-state index in [1.54, 1.807) is 12.3 Å². The summed E-state index contributed by atoms with van der Waals surface area (Å²) in [5.41, 5.74) is 1.75. The van der Waals surface area contributed by atoms with Gasteiger partial charge in [-0.3, -0.25) is 4.98 Å². The van der Waals surface area contributed by atoms with E-state index in [1.165, 1.54) is 0 Å². The third-order valence-electron chi connectivity index (χ3n) is 3.16. The number of benzene rings is 2. The van der Waals surface area contributed by atoms with Crippen LogP contribution in [0.5, 0.6) is 0 Å². The summed E-state index contributed by atoms with van der Waals surface area (Å²) in [5, 5.41) is 2.46. The minimum absolute atomic E-state index is 0.227. The van der Waals surface area contributed by atoms with Crippen molar-refractivity contribution in [3.63, 3.8) is 0 Å². The molecule has 0 bridgehead atoms. The number of para-hydroxylation sites is 1. The molecule has 2 nitrogen and oxygen atoms in total. The van der Waals surface area contributed by atoms with E-state index >= 15 is 0 Å². The molecule has 2 aromatic carbocycles. The Morgan fingerprint density at radius 2 is 1.78 bits per heavy atom. The van der Waals surface area contributed by atoms with E-state index in [-0.39, 0.29) is 5.82 Å². The summed E-state index contributed by atoms with van der Waals surface area (Å²) in [4.78, 5) is 6.19. The van der Waals surface area contributed by atoms with E-state index in [4.69, 9.17) is 0 Å². The van der Waals surface area contributed by atoms with Gasteiger partial charge in [0, 0.05) is 36.8 Å². The molecule has 1 heterocycles. The Hall–Kier alpha value is -2.16. The van der Waals surface area contributed by atoms with Crippen molar-refractivity contribution in [2.45, 2.75) is 0 Å². The Morgan fingerprint density at radius 1 is 1.00 bits per heavy atom. The van der Waals surface area contributed by atoms with Crippen molar-refractivity contribution >= 4 is 27.4 Å². The van der Waals surface area contributed by atoms with E-state index in [0.29, 0.717) is 5.39 Å². The molecule has 1 aromatic heterocycles. The van der Waals surface area contributed by atoms with Gasteiger partial charge in [-0.2, -0.15) is 0 Å². The van der Waals surface area contributed by atoms with Gasteiger partial charge in [0.2, 0.25) is 0 Å². The van der Waals surface area contributed by atoms with Crippen LogP contribution in [0.25, 0.3) is 21.7 Å². The maximum absolute atomic E-state index is 14.1. The number of anilines is 1. The van der Waals surface area contributed by atoms with Gasteiger partial charge in [0.15, 0.2) is 0 Å². The highest BCUT2D eigenvalue weighted by atomic mass is 19.1. The molecule has 0 fully saturated rings. The highest BCUT2D eigenvalue weighted by molar-refractivity contribution is 6.06. The van der Waals surface area contributed by atoms with Crippen LogP contribution in [0, 0.1) is 5.82 Å². The standard InChI is InChI=1S/C15H13FN2/c1-18(2)10-7-12-11-5-3-4-6-15(11)17-9-13(12)14(16)8-10/h3-9H,1-2H3. The SMILES string of the molecule is CN(C)c1cc(F)c2cnc3ccccc3c2c1. The monoisotopic (exact) mass is 240 g/mol. The summed E-state index contributed by atoms with van der Waals surface area (Å²) in [6.45, 7) is 0. The number of halogens is 1. The van der Waals surface area contributed by atoms with Crippen LogP contribution < -0.4 is 4.90 Å². The van der Waals surface area contributed by atoms with Crippen molar-refractivity contribution in [2.75, 3.05) is 19.0 Å². The van der Waals surface area contributed by atoms with Gasteiger partial charge < -0.3 is 4.90 Å². The van der Waals surface area contributed by atoms with E-state index in [0.717, 1.165) is 22.0 Å². The molecule has 0 spiro atoms. The molecule has 0 saturated heterocycles. The number of pyridine rings is 1. The van der Waals surface area contributed by atoms with Crippen molar-refractivity contribution in [1.29, 1.82) is 0 Å². The maximum Gasteiger partial charge on any atom is 0.134 e. The molecule has 0 unspecified atom stereocenters. The summed E-state index contributed by atoms with van der Waals surface area (Å²) < 4.78 is 14.1. The fourth-order valence-electron chi connectivity index (χ4n) is 2.16. The molecule has 0 aliphatic heterocycles. The Balaban J connectivity index is 2.48. The lowest BCUT2D eigenvalue weighted by Crippen LogP contribution is -2.08. The fraction of sp³-hybridized carbons (Fsp3) is 0.133. The Kier molecular flexibility index (Phi) is 2.40. The first-order valence-electron chi connectivity index (χ1n) is 5.81. The van der Waals surface area contributed by atoms with Crippen LogP contribution in [-0.2, 0) is 0 Å².